The van der Waals surface area contributed by atoms with E-state index in [9.17, 15) is 14.4 Å². The minimum absolute atomic E-state index is 0.118. The van der Waals surface area contributed by atoms with Gasteiger partial charge in [-0.05, 0) is 36.6 Å². The third-order valence-electron chi connectivity index (χ3n) is 5.21. The largest absolute Gasteiger partial charge is 0.454 e. The summed E-state index contributed by atoms with van der Waals surface area (Å²) in [6.45, 7) is 3.45. The molecule has 0 aromatic heterocycles. The minimum atomic E-state index is -1.27. The van der Waals surface area contributed by atoms with Gasteiger partial charge in [-0.15, -0.1) is 0 Å². The highest BCUT2D eigenvalue weighted by Gasteiger charge is 2.49. The van der Waals surface area contributed by atoms with Crippen LogP contribution in [-0.4, -0.2) is 36.0 Å². The smallest absolute Gasteiger partial charge is 0.325 e. The first kappa shape index (κ1) is 18.0. The number of aryl methyl sites for hydroxylation is 1. The van der Waals surface area contributed by atoms with Crippen LogP contribution in [0, 0.1) is 0 Å². The van der Waals surface area contributed by atoms with Crippen molar-refractivity contribution >= 4 is 17.7 Å². The fraction of sp³-hybridized carbons (Fsp3) is 0.286. The maximum Gasteiger partial charge on any atom is 0.325 e. The second kappa shape index (κ2) is 6.67. The Morgan fingerprint density at radius 3 is 2.54 bits per heavy atom. The highest BCUT2D eigenvalue weighted by atomic mass is 16.7. The Bertz CT molecular complexity index is 969. The van der Waals surface area contributed by atoms with Crippen LogP contribution in [-0.2, 0) is 16.8 Å². The molecule has 7 nitrogen and oxygen atoms in total. The van der Waals surface area contributed by atoms with E-state index in [1.165, 1.54) is 0 Å². The SMILES string of the molecule is CCc1ccc(C(=O)CN2C(=O)N[C@@](C)(c3ccc4c(c3)OCO4)C2=O)cc1. The summed E-state index contributed by atoms with van der Waals surface area (Å²) in [5, 5.41) is 2.70. The number of benzene rings is 2. The standard InChI is InChI=1S/C21H20N2O5/c1-3-13-4-6-14(7-5-13)16(24)11-23-19(25)21(2,22-20(23)26)15-8-9-17-18(10-15)28-12-27-17/h4-10H,3,11-12H2,1-2H3,(H,22,26)/t21-/m0/s1. The number of hydrogen-bond acceptors (Lipinski definition) is 5. The Hall–Kier alpha value is -3.35. The monoisotopic (exact) mass is 380 g/mol. The Labute approximate surface area is 162 Å². The maximum absolute atomic E-state index is 13.0. The molecule has 0 unspecified atom stereocenters. The molecule has 2 aliphatic rings. The Kier molecular flexibility index (Phi) is 4.30. The molecule has 0 spiro atoms. The molecule has 2 aliphatic heterocycles. The van der Waals surface area contributed by atoms with E-state index in [0.717, 1.165) is 16.9 Å². The lowest BCUT2D eigenvalue weighted by Crippen LogP contribution is -2.41. The van der Waals surface area contributed by atoms with Crippen LogP contribution < -0.4 is 14.8 Å². The predicted molar refractivity (Wildman–Crippen MR) is 100 cm³/mol. The van der Waals surface area contributed by atoms with Gasteiger partial charge in [0, 0.05) is 5.56 Å². The van der Waals surface area contributed by atoms with Crippen molar-refractivity contribution < 1.29 is 23.9 Å². The number of urea groups is 1. The number of amides is 3. The summed E-state index contributed by atoms with van der Waals surface area (Å²) in [6, 6.07) is 11.7. The number of Topliss-reactive ketones (excluding diaryl/α,β-unsaturated/α-hetero) is 1. The summed E-state index contributed by atoms with van der Waals surface area (Å²) in [5.74, 6) is 0.342. The van der Waals surface area contributed by atoms with E-state index in [2.05, 4.69) is 5.32 Å². The molecule has 1 fully saturated rings. The molecule has 2 aromatic rings. The summed E-state index contributed by atoms with van der Waals surface area (Å²) in [4.78, 5) is 39.0. The number of nitrogens with one attached hydrogen (secondary N) is 1. The van der Waals surface area contributed by atoms with Gasteiger partial charge in [-0.3, -0.25) is 14.5 Å². The van der Waals surface area contributed by atoms with E-state index >= 15 is 0 Å². The van der Waals surface area contributed by atoms with E-state index in [1.807, 2.05) is 19.1 Å². The van der Waals surface area contributed by atoms with Crippen LogP contribution in [0.5, 0.6) is 11.5 Å². The minimum Gasteiger partial charge on any atom is -0.454 e. The van der Waals surface area contributed by atoms with Crippen molar-refractivity contribution in [1.82, 2.24) is 10.2 Å². The predicted octanol–water partition coefficient (Wildman–Crippen LogP) is 2.63. The molecule has 7 heteroatoms. The van der Waals surface area contributed by atoms with Crippen molar-refractivity contribution in [2.24, 2.45) is 0 Å². The zero-order valence-electron chi connectivity index (χ0n) is 15.7. The Morgan fingerprint density at radius 1 is 1.11 bits per heavy atom. The third kappa shape index (κ3) is 2.89. The zero-order valence-corrected chi connectivity index (χ0v) is 15.7. The van der Waals surface area contributed by atoms with Crippen LogP contribution in [0.3, 0.4) is 0 Å². The molecular formula is C21H20N2O5. The van der Waals surface area contributed by atoms with Crippen LogP contribution in [0.4, 0.5) is 4.79 Å². The number of nitrogens with zero attached hydrogens (tertiary/aromatic N) is 1. The molecule has 3 amide bonds. The van der Waals surface area contributed by atoms with E-state index in [4.69, 9.17) is 9.47 Å². The molecule has 144 valence electrons. The zero-order chi connectivity index (χ0) is 19.9. The molecule has 0 aliphatic carbocycles. The van der Waals surface area contributed by atoms with Crippen LogP contribution in [0.15, 0.2) is 42.5 Å². The number of ketones is 1. The molecule has 4 rings (SSSR count). The number of fused-ring (bicyclic) bond motifs is 1. The van der Waals surface area contributed by atoms with Gasteiger partial charge in [0.2, 0.25) is 6.79 Å². The number of carbonyl (C=O) groups excluding carboxylic acids is 3. The van der Waals surface area contributed by atoms with Crippen molar-refractivity contribution in [3.63, 3.8) is 0 Å². The molecule has 0 saturated carbocycles. The number of hydrogen-bond donors (Lipinski definition) is 1. The average molecular weight is 380 g/mol. The molecule has 1 atom stereocenters. The highest BCUT2D eigenvalue weighted by Crippen LogP contribution is 2.37. The van der Waals surface area contributed by atoms with Gasteiger partial charge in [0.05, 0.1) is 6.54 Å². The summed E-state index contributed by atoms with van der Waals surface area (Å²) in [5.41, 5.74) is 0.874. The molecule has 1 saturated heterocycles. The van der Waals surface area contributed by atoms with Crippen molar-refractivity contribution in [3.05, 3.63) is 59.2 Å². The van der Waals surface area contributed by atoms with E-state index in [0.29, 0.717) is 22.6 Å². The van der Waals surface area contributed by atoms with Gasteiger partial charge in [-0.1, -0.05) is 37.3 Å². The maximum atomic E-state index is 13.0. The van der Waals surface area contributed by atoms with Gasteiger partial charge in [0.15, 0.2) is 17.3 Å². The van der Waals surface area contributed by atoms with Crippen molar-refractivity contribution in [3.8, 4) is 11.5 Å². The Morgan fingerprint density at radius 2 is 1.82 bits per heavy atom. The molecular weight excluding hydrogens is 360 g/mol. The van der Waals surface area contributed by atoms with E-state index in [1.54, 1.807) is 37.3 Å². The fourth-order valence-electron chi connectivity index (χ4n) is 3.40. The third-order valence-corrected chi connectivity index (χ3v) is 5.21. The van der Waals surface area contributed by atoms with E-state index in [-0.39, 0.29) is 19.1 Å². The summed E-state index contributed by atoms with van der Waals surface area (Å²) >= 11 is 0. The molecule has 28 heavy (non-hydrogen) atoms. The van der Waals surface area contributed by atoms with Crippen LogP contribution in [0.25, 0.3) is 0 Å². The first-order valence-corrected chi connectivity index (χ1v) is 9.09. The molecule has 2 aromatic carbocycles. The molecule has 1 N–H and O–H groups in total. The number of imide groups is 1. The molecule has 0 radical (unpaired) electrons. The van der Waals surface area contributed by atoms with Gasteiger partial charge in [0.1, 0.15) is 5.54 Å². The fourth-order valence-corrected chi connectivity index (χ4v) is 3.40. The average Bonchev–Trinajstić information content (AvgIpc) is 3.26. The lowest BCUT2D eigenvalue weighted by atomic mass is 9.91. The van der Waals surface area contributed by atoms with E-state index < -0.39 is 17.5 Å². The number of rotatable bonds is 5. The second-order valence-corrected chi connectivity index (χ2v) is 6.99. The van der Waals surface area contributed by atoms with Crippen molar-refractivity contribution in [2.75, 3.05) is 13.3 Å². The summed E-state index contributed by atoms with van der Waals surface area (Å²) in [6.07, 6.45) is 0.870. The van der Waals surface area contributed by atoms with Crippen LogP contribution in [0.2, 0.25) is 0 Å². The topological polar surface area (TPSA) is 84.9 Å². The normalized spacial score (nSPS) is 20.4. The molecule has 2 heterocycles. The van der Waals surface area contributed by atoms with Gasteiger partial charge in [-0.25, -0.2) is 4.79 Å². The first-order valence-electron chi connectivity index (χ1n) is 9.09. The quantitative estimate of drug-likeness (QED) is 0.637. The summed E-state index contributed by atoms with van der Waals surface area (Å²) in [7, 11) is 0. The van der Waals surface area contributed by atoms with Gasteiger partial charge in [-0.2, -0.15) is 0 Å². The molecule has 0 bridgehead atoms. The number of carbonyl (C=O) groups is 3. The van der Waals surface area contributed by atoms with Crippen molar-refractivity contribution in [2.45, 2.75) is 25.8 Å². The van der Waals surface area contributed by atoms with Crippen LogP contribution in [0.1, 0.15) is 35.3 Å². The lowest BCUT2D eigenvalue weighted by Gasteiger charge is -2.22. The van der Waals surface area contributed by atoms with Gasteiger partial charge in [0.25, 0.3) is 5.91 Å². The van der Waals surface area contributed by atoms with Crippen molar-refractivity contribution in [1.29, 1.82) is 0 Å². The Balaban J connectivity index is 1.55. The van der Waals surface area contributed by atoms with Gasteiger partial charge >= 0.3 is 6.03 Å². The first-order chi connectivity index (χ1) is 13.4. The highest BCUT2D eigenvalue weighted by molar-refractivity contribution is 6.11. The van der Waals surface area contributed by atoms with Crippen LogP contribution >= 0.6 is 0 Å². The van der Waals surface area contributed by atoms with Gasteiger partial charge < -0.3 is 14.8 Å². The second-order valence-electron chi connectivity index (χ2n) is 6.99. The number of ether oxygens (including phenoxy) is 2. The summed E-state index contributed by atoms with van der Waals surface area (Å²) < 4.78 is 10.6. The lowest BCUT2D eigenvalue weighted by molar-refractivity contribution is -0.130.